The largest absolute Gasteiger partial charge is 0.389 e. The molecule has 0 spiro atoms. The summed E-state index contributed by atoms with van der Waals surface area (Å²) in [4.78, 5) is 12.8. The van der Waals surface area contributed by atoms with Gasteiger partial charge in [0, 0.05) is 22.9 Å². The molecule has 0 radical (unpaired) electrons. The van der Waals surface area contributed by atoms with Crippen LogP contribution < -0.4 is 11.5 Å². The number of halogens is 1. The molecule has 3 aromatic heterocycles. The Morgan fingerprint density at radius 3 is 2.73 bits per heavy atom. The third-order valence-electron chi connectivity index (χ3n) is 7.40. The molecule has 4 aromatic rings. The molecule has 168 valence electrons. The molecule has 8 nitrogen and oxygen atoms in total. The second-order valence-electron chi connectivity index (χ2n) is 9.02. The molecule has 6 rings (SSSR count). The molecule has 5 atom stereocenters. The molecule has 2 aliphatic carbocycles. The lowest BCUT2D eigenvalue weighted by Crippen LogP contribution is -2.41. The Morgan fingerprint density at radius 1 is 1.09 bits per heavy atom. The topological polar surface area (TPSA) is 136 Å². The van der Waals surface area contributed by atoms with Gasteiger partial charge in [0.05, 0.1) is 28.1 Å². The number of anilines is 2. The van der Waals surface area contributed by atoms with Crippen molar-refractivity contribution < 1.29 is 10.2 Å². The molecule has 1 aromatic carbocycles. The summed E-state index contributed by atoms with van der Waals surface area (Å²) < 4.78 is 1.92. The molecule has 0 saturated heterocycles. The number of nitrogens with two attached hydrogens (primary N) is 2. The number of aliphatic hydroxyl groups excluding tert-OH is 2. The number of aromatic nitrogens is 4. The number of pyridine rings is 1. The molecule has 1 saturated carbocycles. The van der Waals surface area contributed by atoms with E-state index in [4.69, 9.17) is 23.1 Å². The van der Waals surface area contributed by atoms with E-state index in [9.17, 15) is 10.2 Å². The van der Waals surface area contributed by atoms with Crippen molar-refractivity contribution >= 4 is 45.2 Å². The lowest BCUT2D eigenvalue weighted by Gasteiger charge is -2.42. The summed E-state index contributed by atoms with van der Waals surface area (Å²) in [6, 6.07) is 9.35. The van der Waals surface area contributed by atoms with E-state index in [1.807, 2.05) is 47.2 Å². The molecule has 0 unspecified atom stereocenters. The summed E-state index contributed by atoms with van der Waals surface area (Å²) >= 11 is 6.08. The fraction of sp³-hybridized carbons (Fsp3) is 0.292. The van der Waals surface area contributed by atoms with E-state index in [0.29, 0.717) is 28.7 Å². The third-order valence-corrected chi connectivity index (χ3v) is 7.70. The minimum atomic E-state index is -0.933. The fourth-order valence-corrected chi connectivity index (χ4v) is 5.74. The van der Waals surface area contributed by atoms with Gasteiger partial charge in [-0.2, -0.15) is 0 Å². The highest BCUT2D eigenvalue weighted by Gasteiger charge is 2.61. The second kappa shape index (κ2) is 7.15. The van der Waals surface area contributed by atoms with Crippen LogP contribution in [0.25, 0.3) is 21.9 Å². The summed E-state index contributed by atoms with van der Waals surface area (Å²) in [7, 11) is 0. The molecule has 9 heteroatoms. The number of nitrogen functional groups attached to an aromatic ring is 2. The van der Waals surface area contributed by atoms with E-state index in [-0.39, 0.29) is 12.0 Å². The Labute approximate surface area is 194 Å². The van der Waals surface area contributed by atoms with Crippen molar-refractivity contribution in [3.63, 3.8) is 0 Å². The van der Waals surface area contributed by atoms with Crippen molar-refractivity contribution in [3.05, 3.63) is 65.6 Å². The Kier molecular flexibility index (Phi) is 4.42. The number of aliphatic hydroxyl groups is 2. The molecule has 0 amide bonds. The van der Waals surface area contributed by atoms with Crippen molar-refractivity contribution in [1.29, 1.82) is 0 Å². The molecular formula is C24H23ClN6O2. The van der Waals surface area contributed by atoms with Gasteiger partial charge < -0.3 is 26.2 Å². The first-order valence-electron chi connectivity index (χ1n) is 10.9. The van der Waals surface area contributed by atoms with Gasteiger partial charge in [-0.25, -0.2) is 15.0 Å². The zero-order valence-corrected chi connectivity index (χ0v) is 18.4. The number of hydrogen-bond acceptors (Lipinski definition) is 7. The van der Waals surface area contributed by atoms with E-state index in [2.05, 4.69) is 21.0 Å². The number of rotatable bonds is 4. The predicted octanol–water partition coefficient (Wildman–Crippen LogP) is 2.88. The third kappa shape index (κ3) is 2.88. The van der Waals surface area contributed by atoms with Crippen LogP contribution in [-0.2, 0) is 6.42 Å². The van der Waals surface area contributed by atoms with Gasteiger partial charge in [0.2, 0.25) is 0 Å². The Balaban J connectivity index is 1.30. The summed E-state index contributed by atoms with van der Waals surface area (Å²) in [6.07, 6.45) is 6.99. The Hall–Kier alpha value is -3.20. The minimum Gasteiger partial charge on any atom is -0.389 e. The fourth-order valence-electron chi connectivity index (χ4n) is 5.58. The Bertz CT molecular complexity index is 1440. The van der Waals surface area contributed by atoms with Gasteiger partial charge in [0.15, 0.2) is 0 Å². The molecule has 6 N–H and O–H groups in total. The van der Waals surface area contributed by atoms with E-state index in [0.717, 1.165) is 28.3 Å². The van der Waals surface area contributed by atoms with Gasteiger partial charge in [-0.1, -0.05) is 35.9 Å². The maximum Gasteiger partial charge on any atom is 0.145 e. The smallest absolute Gasteiger partial charge is 0.145 e. The number of aryl methyl sites for hydroxylation is 1. The number of benzene rings is 1. The normalized spacial score (nSPS) is 28.3. The number of allylic oxidation sites excluding steroid dienone is 1. The van der Waals surface area contributed by atoms with Crippen LogP contribution in [0.1, 0.15) is 18.0 Å². The van der Waals surface area contributed by atoms with Crippen molar-refractivity contribution in [2.45, 2.75) is 31.1 Å². The average molecular weight is 463 g/mol. The van der Waals surface area contributed by atoms with Crippen LogP contribution in [0.15, 0.2) is 55.0 Å². The van der Waals surface area contributed by atoms with Gasteiger partial charge in [-0.05, 0) is 36.6 Å². The lowest BCUT2D eigenvalue weighted by molar-refractivity contribution is -0.0192. The van der Waals surface area contributed by atoms with E-state index in [1.54, 1.807) is 0 Å². The van der Waals surface area contributed by atoms with Crippen molar-refractivity contribution in [3.8, 4) is 0 Å². The maximum atomic E-state index is 11.1. The zero-order chi connectivity index (χ0) is 22.9. The number of fused-ring (bicyclic) bond motifs is 3. The van der Waals surface area contributed by atoms with Crippen LogP contribution in [0.3, 0.4) is 0 Å². The monoisotopic (exact) mass is 462 g/mol. The first-order valence-corrected chi connectivity index (χ1v) is 11.2. The first kappa shape index (κ1) is 20.4. The van der Waals surface area contributed by atoms with Crippen molar-refractivity contribution in [2.75, 3.05) is 11.5 Å². The highest BCUT2D eigenvalue weighted by Crippen LogP contribution is 2.59. The molecule has 3 heterocycles. The van der Waals surface area contributed by atoms with Crippen molar-refractivity contribution in [2.24, 2.45) is 11.3 Å². The van der Waals surface area contributed by atoms with Gasteiger partial charge >= 0.3 is 0 Å². The Morgan fingerprint density at radius 2 is 1.94 bits per heavy atom. The van der Waals surface area contributed by atoms with Crippen molar-refractivity contribution in [1.82, 2.24) is 19.5 Å². The van der Waals surface area contributed by atoms with Gasteiger partial charge in [-0.15, -0.1) is 0 Å². The van der Waals surface area contributed by atoms with Gasteiger partial charge in [-0.3, -0.25) is 0 Å². The quantitative estimate of drug-likeness (QED) is 0.342. The van der Waals surface area contributed by atoms with Gasteiger partial charge in [0.1, 0.15) is 29.7 Å². The van der Waals surface area contributed by atoms with Crippen LogP contribution >= 0.6 is 11.6 Å². The van der Waals surface area contributed by atoms with E-state index in [1.165, 1.54) is 6.33 Å². The maximum absolute atomic E-state index is 11.1. The van der Waals surface area contributed by atoms with E-state index < -0.39 is 17.6 Å². The predicted molar refractivity (Wildman–Crippen MR) is 128 cm³/mol. The number of nitrogens with zero attached hydrogens (tertiary/aromatic N) is 4. The summed E-state index contributed by atoms with van der Waals surface area (Å²) in [6.45, 7) is 0. The summed E-state index contributed by atoms with van der Waals surface area (Å²) in [5, 5.41) is 24.3. The molecule has 0 bridgehead atoms. The van der Waals surface area contributed by atoms with Crippen LogP contribution in [0.2, 0.25) is 5.02 Å². The molecule has 2 aliphatic rings. The van der Waals surface area contributed by atoms with Crippen LogP contribution in [-0.4, -0.2) is 41.9 Å². The van der Waals surface area contributed by atoms with Crippen LogP contribution in [0.4, 0.5) is 11.6 Å². The SMILES string of the molecule is Nc1nc2cc(CC[C@@]34C=C[C@@H]3[C@@H](n3ccc5c(N)ncnc53)[C@H](O)[C@@H]4O)ccc2cc1Cl. The molecule has 1 fully saturated rings. The number of hydrogen-bond donors (Lipinski definition) is 4. The van der Waals surface area contributed by atoms with Crippen LogP contribution in [0, 0.1) is 11.3 Å². The highest BCUT2D eigenvalue weighted by molar-refractivity contribution is 6.33. The standard InChI is InChI=1S/C24H23ClN6O2/c25-16-10-13-2-1-12(9-17(13)30-22(16)27)3-6-24-7-4-15(24)18(19(32)20(24)33)31-8-5-14-21(26)28-11-29-23(14)31/h1-2,4-5,7-11,15,18-20,32-33H,3,6H2,(H2,27,30)(H2,26,28,29)/t15-,18-,19+,20+,24-/m1/s1. The van der Waals surface area contributed by atoms with E-state index >= 15 is 0 Å². The lowest BCUT2D eigenvalue weighted by atomic mass is 9.64. The first-order chi connectivity index (χ1) is 15.9. The zero-order valence-electron chi connectivity index (χ0n) is 17.6. The second-order valence-corrected chi connectivity index (χ2v) is 9.43. The molecular weight excluding hydrogens is 440 g/mol. The summed E-state index contributed by atoms with van der Waals surface area (Å²) in [5.41, 5.74) is 13.9. The minimum absolute atomic E-state index is 0.0256. The summed E-state index contributed by atoms with van der Waals surface area (Å²) in [5.74, 6) is 0.679. The van der Waals surface area contributed by atoms with Gasteiger partial charge in [0.25, 0.3) is 0 Å². The molecule has 33 heavy (non-hydrogen) atoms. The van der Waals surface area contributed by atoms with Crippen LogP contribution in [0.5, 0.6) is 0 Å². The highest BCUT2D eigenvalue weighted by atomic mass is 35.5. The average Bonchev–Trinajstić information content (AvgIpc) is 3.27. The molecule has 0 aliphatic heterocycles.